The van der Waals surface area contributed by atoms with E-state index in [2.05, 4.69) is 35.4 Å². The van der Waals surface area contributed by atoms with Gasteiger partial charge in [-0.05, 0) is 49.2 Å². The number of carbonyl (C=O) groups is 1. The van der Waals surface area contributed by atoms with Gasteiger partial charge in [0.05, 0.1) is 11.9 Å². The Morgan fingerprint density at radius 1 is 1.00 bits per heavy atom. The molecule has 0 radical (unpaired) electrons. The minimum Gasteiger partial charge on any atom is -0.354 e. The molecule has 1 aliphatic rings. The zero-order valence-corrected chi connectivity index (χ0v) is 14.1. The van der Waals surface area contributed by atoms with E-state index >= 15 is 0 Å². The highest BCUT2D eigenvalue weighted by atomic mass is 16.2. The first-order chi connectivity index (χ1) is 12.2. The van der Waals surface area contributed by atoms with Crippen molar-refractivity contribution in [2.75, 3.05) is 16.8 Å². The number of pyridine rings is 1. The van der Waals surface area contributed by atoms with Gasteiger partial charge in [-0.25, -0.2) is 4.98 Å². The highest BCUT2D eigenvalue weighted by Crippen LogP contribution is 2.28. The third-order valence-electron chi connectivity index (χ3n) is 4.46. The molecule has 4 heteroatoms. The van der Waals surface area contributed by atoms with Crippen molar-refractivity contribution < 1.29 is 4.79 Å². The zero-order valence-electron chi connectivity index (χ0n) is 14.1. The molecule has 2 aromatic carbocycles. The summed E-state index contributed by atoms with van der Waals surface area (Å²) in [5, 5.41) is 3.30. The monoisotopic (exact) mass is 329 g/mol. The Labute approximate surface area is 147 Å². The second-order valence-electron chi connectivity index (χ2n) is 6.26. The maximum Gasteiger partial charge on any atom is 0.276 e. The fourth-order valence-corrected chi connectivity index (χ4v) is 3.09. The molecule has 0 atom stereocenters. The summed E-state index contributed by atoms with van der Waals surface area (Å²) < 4.78 is 0. The number of hydrogen-bond donors (Lipinski definition) is 1. The van der Waals surface area contributed by atoms with Crippen LogP contribution in [0.25, 0.3) is 0 Å². The molecular formula is C21H19N3O. The highest BCUT2D eigenvalue weighted by Gasteiger charge is 2.25. The Kier molecular flexibility index (Phi) is 3.94. The van der Waals surface area contributed by atoms with Gasteiger partial charge in [-0.3, -0.25) is 4.79 Å². The van der Waals surface area contributed by atoms with Gasteiger partial charge >= 0.3 is 0 Å². The Bertz CT molecular complexity index is 901. The van der Waals surface area contributed by atoms with Crippen molar-refractivity contribution in [3.05, 3.63) is 83.7 Å². The molecule has 1 aromatic heterocycles. The molecule has 0 spiro atoms. The largest absolute Gasteiger partial charge is 0.354 e. The first-order valence-corrected chi connectivity index (χ1v) is 8.40. The van der Waals surface area contributed by atoms with Gasteiger partial charge in [0.25, 0.3) is 5.91 Å². The number of nitrogens with zero attached hydrogens (tertiary/aromatic N) is 2. The van der Waals surface area contributed by atoms with Gasteiger partial charge in [0.15, 0.2) is 0 Å². The summed E-state index contributed by atoms with van der Waals surface area (Å²) >= 11 is 0. The first kappa shape index (κ1) is 15.4. The third kappa shape index (κ3) is 3.11. The van der Waals surface area contributed by atoms with Crippen molar-refractivity contribution in [1.29, 1.82) is 0 Å². The summed E-state index contributed by atoms with van der Waals surface area (Å²) in [6.07, 6.45) is 2.60. The van der Waals surface area contributed by atoms with Crippen LogP contribution in [0.1, 0.15) is 21.6 Å². The van der Waals surface area contributed by atoms with E-state index in [0.717, 1.165) is 23.5 Å². The van der Waals surface area contributed by atoms with Gasteiger partial charge < -0.3 is 10.2 Å². The molecule has 0 saturated carbocycles. The number of nitrogens with one attached hydrogen (secondary N) is 1. The zero-order chi connectivity index (χ0) is 17.2. The van der Waals surface area contributed by atoms with Crippen LogP contribution in [0.4, 0.5) is 17.1 Å². The van der Waals surface area contributed by atoms with Crippen LogP contribution in [0.5, 0.6) is 0 Å². The van der Waals surface area contributed by atoms with E-state index < -0.39 is 0 Å². The number of anilines is 3. The normalized spacial score (nSPS) is 12.8. The smallest absolute Gasteiger partial charge is 0.276 e. The molecule has 0 fully saturated rings. The van der Waals surface area contributed by atoms with Gasteiger partial charge in [-0.15, -0.1) is 0 Å². The lowest BCUT2D eigenvalue weighted by Gasteiger charge is -2.17. The van der Waals surface area contributed by atoms with Crippen molar-refractivity contribution in [3.63, 3.8) is 0 Å². The van der Waals surface area contributed by atoms with E-state index in [9.17, 15) is 4.79 Å². The predicted molar refractivity (Wildman–Crippen MR) is 101 cm³/mol. The van der Waals surface area contributed by atoms with E-state index in [-0.39, 0.29) is 5.91 Å². The quantitative estimate of drug-likeness (QED) is 0.777. The Balaban J connectivity index is 1.50. The molecule has 3 aromatic rings. The number of para-hydroxylation sites is 1. The molecule has 1 aliphatic heterocycles. The summed E-state index contributed by atoms with van der Waals surface area (Å²) in [7, 11) is 0. The van der Waals surface area contributed by atoms with Crippen LogP contribution in [0.2, 0.25) is 0 Å². The number of amides is 1. The maximum atomic E-state index is 12.8. The average Bonchev–Trinajstić information content (AvgIpc) is 3.08. The number of fused-ring (bicyclic) bond motifs is 1. The molecule has 1 N–H and O–H groups in total. The van der Waals surface area contributed by atoms with Crippen LogP contribution in [0, 0.1) is 6.92 Å². The fourth-order valence-electron chi connectivity index (χ4n) is 3.09. The fraction of sp³-hybridized carbons (Fsp3) is 0.143. The third-order valence-corrected chi connectivity index (χ3v) is 4.46. The molecule has 0 unspecified atom stereocenters. The molecule has 2 heterocycles. The Morgan fingerprint density at radius 3 is 2.52 bits per heavy atom. The summed E-state index contributed by atoms with van der Waals surface area (Å²) in [6.45, 7) is 2.77. The van der Waals surface area contributed by atoms with Crippen LogP contribution < -0.4 is 10.2 Å². The van der Waals surface area contributed by atoms with Crippen LogP contribution in [-0.4, -0.2) is 17.4 Å². The molecule has 1 amide bonds. The summed E-state index contributed by atoms with van der Waals surface area (Å²) in [6, 6.07) is 19.9. The molecule has 124 valence electrons. The van der Waals surface area contributed by atoms with Crippen molar-refractivity contribution in [2.24, 2.45) is 0 Å². The summed E-state index contributed by atoms with van der Waals surface area (Å²) in [5.74, 6) is -0.0492. The predicted octanol–water partition coefficient (Wildman–Crippen LogP) is 4.34. The number of aromatic nitrogens is 1. The lowest BCUT2D eigenvalue weighted by molar-refractivity contribution is 0.0984. The second kappa shape index (κ2) is 6.40. The molecule has 0 saturated heterocycles. The van der Waals surface area contributed by atoms with Gasteiger partial charge in [-0.1, -0.05) is 35.9 Å². The SMILES string of the molecule is Cc1ccc(Nc2ccc(C(=O)N3CCc4ccccc43)nc2)cc1. The standard InChI is InChI=1S/C21H19N3O/c1-15-6-8-17(9-7-15)23-18-10-11-19(22-14-18)21(25)24-13-12-16-4-2-3-5-20(16)24/h2-11,14,23H,12-13H2,1H3. The molecule has 25 heavy (non-hydrogen) atoms. The number of rotatable bonds is 3. The van der Waals surface area contributed by atoms with Crippen LogP contribution in [-0.2, 0) is 6.42 Å². The lowest BCUT2D eigenvalue weighted by atomic mass is 10.2. The molecular weight excluding hydrogens is 310 g/mol. The van der Waals surface area contributed by atoms with Gasteiger partial charge in [0.2, 0.25) is 0 Å². The Hall–Kier alpha value is -3.14. The van der Waals surface area contributed by atoms with E-state index in [4.69, 9.17) is 0 Å². The van der Waals surface area contributed by atoms with Crippen LogP contribution in [0.3, 0.4) is 0 Å². The van der Waals surface area contributed by atoms with Gasteiger partial charge in [0, 0.05) is 17.9 Å². The van der Waals surface area contributed by atoms with Crippen molar-refractivity contribution in [2.45, 2.75) is 13.3 Å². The molecule has 4 nitrogen and oxygen atoms in total. The Morgan fingerprint density at radius 2 is 1.76 bits per heavy atom. The van der Waals surface area contributed by atoms with E-state index in [1.165, 1.54) is 11.1 Å². The van der Waals surface area contributed by atoms with Gasteiger partial charge in [-0.2, -0.15) is 0 Å². The molecule has 0 aliphatic carbocycles. The minimum absolute atomic E-state index is 0.0492. The van der Waals surface area contributed by atoms with Crippen LogP contribution in [0.15, 0.2) is 66.9 Å². The van der Waals surface area contributed by atoms with Crippen molar-refractivity contribution >= 4 is 23.0 Å². The molecule has 4 rings (SSSR count). The van der Waals surface area contributed by atoms with Gasteiger partial charge in [0.1, 0.15) is 5.69 Å². The summed E-state index contributed by atoms with van der Waals surface area (Å²) in [5.41, 5.74) is 5.76. The minimum atomic E-state index is -0.0492. The van der Waals surface area contributed by atoms with Crippen LogP contribution >= 0.6 is 0 Å². The maximum absolute atomic E-state index is 12.8. The average molecular weight is 329 g/mol. The van der Waals surface area contributed by atoms with Crippen molar-refractivity contribution in [1.82, 2.24) is 4.98 Å². The topological polar surface area (TPSA) is 45.2 Å². The highest BCUT2D eigenvalue weighted by molar-refractivity contribution is 6.06. The molecule has 0 bridgehead atoms. The van der Waals surface area contributed by atoms with E-state index in [1.807, 2.05) is 41.3 Å². The second-order valence-corrected chi connectivity index (χ2v) is 6.26. The number of hydrogen-bond acceptors (Lipinski definition) is 3. The number of aryl methyl sites for hydroxylation is 1. The van der Waals surface area contributed by atoms with E-state index in [1.54, 1.807) is 12.3 Å². The first-order valence-electron chi connectivity index (χ1n) is 8.40. The number of carbonyl (C=O) groups excluding carboxylic acids is 1. The lowest BCUT2D eigenvalue weighted by Crippen LogP contribution is -2.29. The van der Waals surface area contributed by atoms with E-state index in [0.29, 0.717) is 12.2 Å². The van der Waals surface area contributed by atoms with Crippen molar-refractivity contribution in [3.8, 4) is 0 Å². The summed E-state index contributed by atoms with van der Waals surface area (Å²) in [4.78, 5) is 18.9. The number of benzene rings is 2.